The molecule has 0 spiro atoms. The summed E-state index contributed by atoms with van der Waals surface area (Å²) in [6, 6.07) is 16.4. The normalized spacial score (nSPS) is 11.0. The second-order valence-electron chi connectivity index (χ2n) is 5.19. The van der Waals surface area contributed by atoms with Crippen molar-refractivity contribution in [2.45, 2.75) is 6.61 Å². The zero-order valence-electron chi connectivity index (χ0n) is 14.0. The molecular formula is C19H19N3O4. The highest BCUT2D eigenvalue weighted by molar-refractivity contribution is 5.95. The van der Waals surface area contributed by atoms with Gasteiger partial charge in [0, 0.05) is 11.6 Å². The topological polar surface area (TPSA) is 100 Å². The van der Waals surface area contributed by atoms with Crippen LogP contribution in [0.4, 0.5) is 0 Å². The van der Waals surface area contributed by atoms with Gasteiger partial charge in [-0.3, -0.25) is 14.8 Å². The van der Waals surface area contributed by atoms with Crippen molar-refractivity contribution < 1.29 is 19.5 Å². The van der Waals surface area contributed by atoms with Gasteiger partial charge in [-0.15, -0.1) is 0 Å². The van der Waals surface area contributed by atoms with E-state index in [0.29, 0.717) is 17.7 Å². The Morgan fingerprint density at radius 3 is 2.69 bits per heavy atom. The Bertz CT molecular complexity index is 788. The lowest BCUT2D eigenvalue weighted by atomic mass is 10.1. The molecule has 7 nitrogen and oxygen atoms in total. The fourth-order valence-electron chi connectivity index (χ4n) is 2.00. The molecule has 2 rings (SSSR count). The van der Waals surface area contributed by atoms with Crippen LogP contribution in [-0.4, -0.2) is 29.8 Å². The lowest BCUT2D eigenvalue weighted by molar-refractivity contribution is -0.124. The molecule has 0 radical (unpaired) electrons. The average molecular weight is 353 g/mol. The Morgan fingerprint density at radius 1 is 1.12 bits per heavy atom. The van der Waals surface area contributed by atoms with Crippen molar-refractivity contribution in [2.24, 2.45) is 5.10 Å². The molecule has 134 valence electrons. The summed E-state index contributed by atoms with van der Waals surface area (Å²) in [4.78, 5) is 23.0. The second kappa shape index (κ2) is 10.5. The number of carbonyl (C=O) groups excluding carboxylic acids is 2. The minimum Gasteiger partial charge on any atom is -0.371 e. The molecule has 0 aliphatic rings. The highest BCUT2D eigenvalue weighted by Crippen LogP contribution is 2.07. The Kier molecular flexibility index (Phi) is 7.73. The zero-order chi connectivity index (χ0) is 18.6. The molecule has 2 aromatic carbocycles. The van der Waals surface area contributed by atoms with Gasteiger partial charge in [-0.05, 0) is 29.3 Å². The lowest BCUT2D eigenvalue weighted by Gasteiger charge is -2.02. The van der Waals surface area contributed by atoms with Gasteiger partial charge in [0.25, 0.3) is 11.8 Å². The number of rotatable bonds is 8. The first-order chi connectivity index (χ1) is 12.7. The molecule has 2 aromatic rings. The van der Waals surface area contributed by atoms with Gasteiger partial charge in [0.15, 0.2) is 0 Å². The lowest BCUT2D eigenvalue weighted by Crippen LogP contribution is -2.18. The Hall–Kier alpha value is -3.29. The molecule has 7 heteroatoms. The summed E-state index contributed by atoms with van der Waals surface area (Å²) in [5.74, 6) is -1.04. The van der Waals surface area contributed by atoms with Crippen molar-refractivity contribution >= 4 is 24.1 Å². The molecule has 0 aliphatic carbocycles. The summed E-state index contributed by atoms with van der Waals surface area (Å²) in [7, 11) is 0. The fraction of sp³-hybridized carbons (Fsp3) is 0.105. The fourth-order valence-corrected chi connectivity index (χ4v) is 2.00. The number of hydroxylamine groups is 1. The van der Waals surface area contributed by atoms with Crippen molar-refractivity contribution in [1.82, 2.24) is 10.9 Å². The Morgan fingerprint density at radius 2 is 1.92 bits per heavy atom. The first kappa shape index (κ1) is 19.0. The van der Waals surface area contributed by atoms with Crippen LogP contribution in [0.2, 0.25) is 0 Å². The number of hydrogen-bond donors (Lipinski definition) is 3. The molecule has 0 saturated heterocycles. The first-order valence-corrected chi connectivity index (χ1v) is 7.85. The Labute approximate surface area is 151 Å². The maximum absolute atomic E-state index is 12.0. The van der Waals surface area contributed by atoms with E-state index in [0.717, 1.165) is 11.6 Å². The maximum atomic E-state index is 12.0. The molecule has 0 fully saturated rings. The summed E-state index contributed by atoms with van der Waals surface area (Å²) in [5, 5.41) is 12.3. The van der Waals surface area contributed by atoms with Crippen LogP contribution in [0.25, 0.3) is 6.08 Å². The molecule has 2 amide bonds. The second-order valence-corrected chi connectivity index (χ2v) is 5.19. The van der Waals surface area contributed by atoms with Gasteiger partial charge in [-0.25, -0.2) is 10.9 Å². The highest BCUT2D eigenvalue weighted by Gasteiger charge is 2.04. The summed E-state index contributed by atoms with van der Waals surface area (Å²) < 4.78 is 5.42. The van der Waals surface area contributed by atoms with Crippen LogP contribution in [0.15, 0.2) is 65.8 Å². The smallest absolute Gasteiger partial charge is 0.271 e. The third kappa shape index (κ3) is 6.68. The molecule has 3 N–H and O–H groups in total. The van der Waals surface area contributed by atoms with Gasteiger partial charge in [0.1, 0.15) is 0 Å². The molecule has 0 heterocycles. The van der Waals surface area contributed by atoms with E-state index in [1.165, 1.54) is 17.8 Å². The summed E-state index contributed by atoms with van der Waals surface area (Å²) in [6.07, 6.45) is 4.10. The molecule has 0 aliphatic heterocycles. The van der Waals surface area contributed by atoms with Crippen molar-refractivity contribution in [1.29, 1.82) is 0 Å². The molecule has 0 saturated carbocycles. The number of ether oxygens (including phenoxy) is 1. The quantitative estimate of drug-likeness (QED) is 0.223. The number of amides is 2. The molecule has 26 heavy (non-hydrogen) atoms. The van der Waals surface area contributed by atoms with Gasteiger partial charge in [0.2, 0.25) is 0 Å². The minimum absolute atomic E-state index is 0.272. The van der Waals surface area contributed by atoms with Crippen LogP contribution < -0.4 is 10.9 Å². The number of nitrogens with zero attached hydrogens (tertiary/aromatic N) is 1. The monoisotopic (exact) mass is 353 g/mol. The summed E-state index contributed by atoms with van der Waals surface area (Å²) in [5.41, 5.74) is 5.98. The van der Waals surface area contributed by atoms with Crippen LogP contribution in [-0.2, 0) is 16.1 Å². The van der Waals surface area contributed by atoms with E-state index >= 15 is 0 Å². The molecule has 0 aromatic heterocycles. The molecule has 0 bridgehead atoms. The highest BCUT2D eigenvalue weighted by atomic mass is 16.5. The van der Waals surface area contributed by atoms with Crippen molar-refractivity contribution in [3.8, 4) is 0 Å². The number of nitrogens with one attached hydrogen (secondary N) is 2. The van der Waals surface area contributed by atoms with Gasteiger partial charge < -0.3 is 4.74 Å². The van der Waals surface area contributed by atoms with Gasteiger partial charge in [0.05, 0.1) is 19.4 Å². The van der Waals surface area contributed by atoms with E-state index < -0.39 is 5.91 Å². The van der Waals surface area contributed by atoms with Gasteiger partial charge >= 0.3 is 0 Å². The van der Waals surface area contributed by atoms with E-state index in [-0.39, 0.29) is 12.5 Å². The van der Waals surface area contributed by atoms with Gasteiger partial charge in [-0.2, -0.15) is 5.10 Å². The third-order valence-corrected chi connectivity index (χ3v) is 3.25. The third-order valence-electron chi connectivity index (χ3n) is 3.25. The standard InChI is InChI=1S/C19H19N3O4/c23-18(22-25)10-9-15-7-4-8-17(13-15)19(24)21-20-11-12-26-14-16-5-2-1-3-6-16/h1-11,13,25H,12,14H2,(H,21,24)(H,22,23)/b10-9+,20-11+. The largest absolute Gasteiger partial charge is 0.371 e. The summed E-state index contributed by atoms with van der Waals surface area (Å²) >= 11 is 0. The van der Waals surface area contributed by atoms with Crippen molar-refractivity contribution in [3.63, 3.8) is 0 Å². The maximum Gasteiger partial charge on any atom is 0.271 e. The van der Waals surface area contributed by atoms with Crippen molar-refractivity contribution in [3.05, 3.63) is 77.4 Å². The van der Waals surface area contributed by atoms with Crippen LogP contribution in [0.1, 0.15) is 21.5 Å². The van der Waals surface area contributed by atoms with Gasteiger partial charge in [-0.1, -0.05) is 42.5 Å². The van der Waals surface area contributed by atoms with E-state index in [1.54, 1.807) is 24.3 Å². The van der Waals surface area contributed by atoms with Crippen molar-refractivity contribution in [2.75, 3.05) is 6.61 Å². The predicted molar refractivity (Wildman–Crippen MR) is 97.5 cm³/mol. The number of hydrogen-bond acceptors (Lipinski definition) is 5. The molecule has 0 unspecified atom stereocenters. The van der Waals surface area contributed by atoms with Crippen LogP contribution in [0.3, 0.4) is 0 Å². The van der Waals surface area contributed by atoms with E-state index in [1.807, 2.05) is 30.3 Å². The predicted octanol–water partition coefficient (Wildman–Crippen LogP) is 2.14. The van der Waals surface area contributed by atoms with E-state index in [2.05, 4.69) is 10.5 Å². The summed E-state index contributed by atoms with van der Waals surface area (Å²) in [6.45, 7) is 0.741. The number of carbonyl (C=O) groups is 2. The Balaban J connectivity index is 1.78. The first-order valence-electron chi connectivity index (χ1n) is 7.85. The minimum atomic E-state index is -0.653. The van der Waals surface area contributed by atoms with E-state index in [4.69, 9.17) is 9.94 Å². The number of hydrazone groups is 1. The number of benzene rings is 2. The van der Waals surface area contributed by atoms with Crippen LogP contribution in [0.5, 0.6) is 0 Å². The van der Waals surface area contributed by atoms with E-state index in [9.17, 15) is 9.59 Å². The molecular weight excluding hydrogens is 334 g/mol. The average Bonchev–Trinajstić information content (AvgIpc) is 2.69. The zero-order valence-corrected chi connectivity index (χ0v) is 14.0. The SMILES string of the molecule is O=C(/C=C/c1cccc(C(=O)N/N=C/COCc2ccccc2)c1)NO. The molecule has 0 atom stereocenters. The van der Waals surface area contributed by atoms with Crippen LogP contribution >= 0.6 is 0 Å². The van der Waals surface area contributed by atoms with Crippen LogP contribution in [0, 0.1) is 0 Å².